The highest BCUT2D eigenvalue weighted by Crippen LogP contribution is 2.28. The van der Waals surface area contributed by atoms with Gasteiger partial charge in [-0.3, -0.25) is 0 Å². The predicted molar refractivity (Wildman–Crippen MR) is 101 cm³/mol. The predicted octanol–water partition coefficient (Wildman–Crippen LogP) is 6.39. The molecule has 0 spiro atoms. The Morgan fingerprint density at radius 3 is 1.45 bits per heavy atom. The summed E-state index contributed by atoms with van der Waals surface area (Å²) in [5.41, 5.74) is 5.15. The van der Waals surface area contributed by atoms with E-state index in [1.54, 1.807) is 0 Å². The van der Waals surface area contributed by atoms with Crippen LogP contribution in [0, 0.1) is 0 Å². The molecule has 1 aromatic rings. The first-order valence-electron chi connectivity index (χ1n) is 7.44. The molecule has 0 bridgehead atoms. The fourth-order valence-corrected chi connectivity index (χ4v) is 5.41. The smallest absolute Gasteiger partial charge is 0.0487 e. The van der Waals surface area contributed by atoms with Crippen molar-refractivity contribution >= 4 is 27.3 Å². The summed E-state index contributed by atoms with van der Waals surface area (Å²) in [6, 6.07) is 11.1. The Labute approximate surface area is 127 Å². The van der Waals surface area contributed by atoms with Gasteiger partial charge in [0.05, 0.1) is 0 Å². The van der Waals surface area contributed by atoms with Crippen LogP contribution < -0.4 is 0 Å². The van der Waals surface area contributed by atoms with Crippen molar-refractivity contribution in [2.24, 2.45) is 0 Å². The van der Waals surface area contributed by atoms with Crippen LogP contribution in [0.5, 0.6) is 0 Å². The van der Waals surface area contributed by atoms with Crippen molar-refractivity contribution in [3.05, 3.63) is 48.6 Å². The monoisotopic (exact) mass is 302 g/mol. The van der Waals surface area contributed by atoms with E-state index < -0.39 is 16.1 Å². The second-order valence-corrected chi connectivity index (χ2v) is 19.2. The molecule has 0 saturated heterocycles. The van der Waals surface area contributed by atoms with E-state index in [1.165, 1.54) is 22.3 Å². The minimum atomic E-state index is -1.10. The van der Waals surface area contributed by atoms with Gasteiger partial charge in [0.1, 0.15) is 0 Å². The van der Waals surface area contributed by atoms with Crippen LogP contribution in [0.4, 0.5) is 0 Å². The second-order valence-electron chi connectivity index (χ2n) is 8.26. The molecule has 0 unspecified atom stereocenters. The summed E-state index contributed by atoms with van der Waals surface area (Å²) < 4.78 is 0. The SMILES string of the molecule is C=C(C[Si](C)(C)C)c1cccc(C(=C)C[Si](C)(C)C)c1. The normalized spacial score (nSPS) is 12.3. The van der Waals surface area contributed by atoms with Crippen LogP contribution >= 0.6 is 0 Å². The van der Waals surface area contributed by atoms with Crippen LogP contribution in [0.3, 0.4) is 0 Å². The molecule has 0 heterocycles. The lowest BCUT2D eigenvalue weighted by Crippen LogP contribution is -2.19. The largest absolute Gasteiger partial charge is 0.0955 e. The molecule has 0 radical (unpaired) electrons. The molecule has 20 heavy (non-hydrogen) atoms. The highest BCUT2D eigenvalue weighted by atomic mass is 28.3. The van der Waals surface area contributed by atoms with Crippen molar-refractivity contribution in [2.75, 3.05) is 0 Å². The molecule has 0 aliphatic rings. The Morgan fingerprint density at radius 2 is 1.15 bits per heavy atom. The van der Waals surface area contributed by atoms with E-state index >= 15 is 0 Å². The van der Waals surface area contributed by atoms with Gasteiger partial charge < -0.3 is 0 Å². The van der Waals surface area contributed by atoms with E-state index in [-0.39, 0.29) is 0 Å². The summed E-state index contributed by atoms with van der Waals surface area (Å²) in [6.07, 6.45) is 0. The zero-order chi connectivity index (χ0) is 15.6. The fraction of sp³-hybridized carbons (Fsp3) is 0.444. The molecule has 0 fully saturated rings. The topological polar surface area (TPSA) is 0 Å². The lowest BCUT2D eigenvalue weighted by atomic mass is 10.0. The molecule has 110 valence electrons. The minimum Gasteiger partial charge on any atom is -0.0955 e. The summed E-state index contributed by atoms with van der Waals surface area (Å²) in [6.45, 7) is 23.0. The van der Waals surface area contributed by atoms with Gasteiger partial charge in [0.25, 0.3) is 0 Å². The third-order valence-electron chi connectivity index (χ3n) is 3.17. The third kappa shape index (κ3) is 6.06. The zero-order valence-corrected chi connectivity index (χ0v) is 16.1. The van der Waals surface area contributed by atoms with Crippen LogP contribution in [-0.2, 0) is 0 Å². The van der Waals surface area contributed by atoms with Crippen LogP contribution in [0.15, 0.2) is 37.4 Å². The van der Waals surface area contributed by atoms with Crippen molar-refractivity contribution in [3.8, 4) is 0 Å². The molecule has 0 amide bonds. The maximum atomic E-state index is 4.30. The lowest BCUT2D eigenvalue weighted by molar-refractivity contribution is 1.45. The van der Waals surface area contributed by atoms with Crippen LogP contribution in [0.2, 0.25) is 51.4 Å². The summed E-state index contributed by atoms with van der Waals surface area (Å²) in [7, 11) is -2.20. The van der Waals surface area contributed by atoms with Crippen molar-refractivity contribution in [1.82, 2.24) is 0 Å². The number of allylic oxidation sites excluding steroid dienone is 2. The number of benzene rings is 1. The molecule has 1 aromatic carbocycles. The molecule has 0 saturated carbocycles. The molecule has 0 aliphatic heterocycles. The fourth-order valence-electron chi connectivity index (χ4n) is 2.44. The van der Waals surface area contributed by atoms with E-state index in [0.717, 1.165) is 12.1 Å². The van der Waals surface area contributed by atoms with Gasteiger partial charge in [-0.25, -0.2) is 0 Å². The van der Waals surface area contributed by atoms with Crippen molar-refractivity contribution < 1.29 is 0 Å². The molecule has 0 nitrogen and oxygen atoms in total. The quantitative estimate of drug-likeness (QED) is 0.534. The Balaban J connectivity index is 2.91. The summed E-state index contributed by atoms with van der Waals surface area (Å²) in [4.78, 5) is 0. The van der Waals surface area contributed by atoms with E-state index in [2.05, 4.69) is 76.7 Å². The lowest BCUT2D eigenvalue weighted by Gasteiger charge is -2.20. The van der Waals surface area contributed by atoms with E-state index in [9.17, 15) is 0 Å². The van der Waals surface area contributed by atoms with Gasteiger partial charge in [-0.1, -0.05) is 81.8 Å². The highest BCUT2D eigenvalue weighted by Gasteiger charge is 2.17. The van der Waals surface area contributed by atoms with Gasteiger partial charge in [-0.05, 0) is 29.3 Å². The van der Waals surface area contributed by atoms with Gasteiger partial charge >= 0.3 is 0 Å². The Hall–Kier alpha value is -0.866. The first kappa shape index (κ1) is 17.2. The Kier molecular flexibility index (Phi) is 5.39. The average Bonchev–Trinajstić information content (AvgIpc) is 2.24. The van der Waals surface area contributed by atoms with Crippen molar-refractivity contribution in [2.45, 2.75) is 51.4 Å². The summed E-state index contributed by atoms with van der Waals surface area (Å²) >= 11 is 0. The van der Waals surface area contributed by atoms with Gasteiger partial charge in [-0.2, -0.15) is 0 Å². The molecular weight excluding hydrogens is 272 g/mol. The van der Waals surface area contributed by atoms with Crippen molar-refractivity contribution in [3.63, 3.8) is 0 Å². The number of hydrogen-bond donors (Lipinski definition) is 0. The molecular formula is C18H30Si2. The Bertz CT molecular complexity index is 456. The highest BCUT2D eigenvalue weighted by molar-refractivity contribution is 6.78. The molecule has 0 atom stereocenters. The van der Waals surface area contributed by atoms with Crippen LogP contribution in [0.1, 0.15) is 11.1 Å². The van der Waals surface area contributed by atoms with Gasteiger partial charge in [0.15, 0.2) is 0 Å². The van der Waals surface area contributed by atoms with Crippen molar-refractivity contribution in [1.29, 1.82) is 0 Å². The molecule has 0 N–H and O–H groups in total. The maximum absolute atomic E-state index is 4.30. The van der Waals surface area contributed by atoms with Crippen LogP contribution in [0.25, 0.3) is 11.1 Å². The van der Waals surface area contributed by atoms with E-state index in [0.29, 0.717) is 0 Å². The first-order chi connectivity index (χ1) is 8.98. The van der Waals surface area contributed by atoms with E-state index in [1.807, 2.05) is 0 Å². The van der Waals surface area contributed by atoms with E-state index in [4.69, 9.17) is 0 Å². The zero-order valence-electron chi connectivity index (χ0n) is 14.1. The maximum Gasteiger partial charge on any atom is 0.0487 e. The Morgan fingerprint density at radius 1 is 0.800 bits per heavy atom. The summed E-state index contributed by atoms with van der Waals surface area (Å²) in [5.74, 6) is 0. The molecule has 0 aliphatic carbocycles. The standard InChI is InChI=1S/C18H30Si2/c1-15(13-19(3,4)5)17-10-9-11-18(12-17)16(2)14-20(6,7)8/h9-12H,1-2,13-14H2,3-8H3. The van der Waals surface area contributed by atoms with Crippen LogP contribution in [-0.4, -0.2) is 16.1 Å². The first-order valence-corrected chi connectivity index (χ1v) is 14.9. The van der Waals surface area contributed by atoms with Gasteiger partial charge in [-0.15, -0.1) is 0 Å². The number of rotatable bonds is 6. The minimum absolute atomic E-state index is 1.10. The third-order valence-corrected chi connectivity index (χ3v) is 6.14. The molecule has 0 aromatic heterocycles. The summed E-state index contributed by atoms with van der Waals surface area (Å²) in [5, 5.41) is 0. The molecule has 2 heteroatoms. The van der Waals surface area contributed by atoms with Gasteiger partial charge in [0, 0.05) is 16.1 Å². The molecule has 1 rings (SSSR count). The number of hydrogen-bond acceptors (Lipinski definition) is 0. The second kappa shape index (κ2) is 6.27. The average molecular weight is 303 g/mol. The van der Waals surface area contributed by atoms with Gasteiger partial charge in [0.2, 0.25) is 0 Å².